The van der Waals surface area contributed by atoms with Crippen molar-refractivity contribution >= 4 is 33.5 Å². The van der Waals surface area contributed by atoms with E-state index in [2.05, 4.69) is 15.9 Å². The Morgan fingerprint density at radius 1 is 1.27 bits per heavy atom. The van der Waals surface area contributed by atoms with E-state index in [-0.39, 0.29) is 18.4 Å². The van der Waals surface area contributed by atoms with Crippen molar-refractivity contribution in [2.75, 3.05) is 6.61 Å². The number of ether oxygens (including phenoxy) is 1. The average molecular weight is 531 g/mol. The molecule has 0 bridgehead atoms. The minimum Gasteiger partial charge on any atom is -0.458 e. The summed E-state index contributed by atoms with van der Waals surface area (Å²) in [5.41, 5.74) is -4.61. The number of ketones is 2. The third-order valence-electron chi connectivity index (χ3n) is 9.12. The average Bonchev–Trinajstić information content (AvgIpc) is 2.93. The van der Waals surface area contributed by atoms with Crippen molar-refractivity contribution in [2.24, 2.45) is 28.6 Å². The van der Waals surface area contributed by atoms with E-state index in [0.29, 0.717) is 6.42 Å². The molecule has 0 radical (unpaired) electrons. The highest BCUT2D eigenvalue weighted by atomic mass is 79.9. The standard InChI is InChI=1S/C24H29BrF2O6/c1-11-7-13-14-8-15(26)19-20(27)16(29)5-6-21(19,3)23(14,25)17(30)9-22(13,4)24(11,32)18(31)10-33-12(2)28/h5-6,11,13-15,17,30,32H,7-10H2,1-4H3/t11-,13+,14+,15+,17+,21+,22+,23+,24+/m1/s1. The van der Waals surface area contributed by atoms with Gasteiger partial charge < -0.3 is 14.9 Å². The molecular formula is C24H29BrF2O6. The Kier molecular flexibility index (Phi) is 5.62. The minimum absolute atomic E-state index is 0.0186. The first-order valence-electron chi connectivity index (χ1n) is 11.2. The minimum atomic E-state index is -1.89. The molecule has 0 aromatic rings. The molecule has 0 aliphatic heterocycles. The predicted octanol–water partition coefficient (Wildman–Crippen LogP) is 3.14. The van der Waals surface area contributed by atoms with Gasteiger partial charge >= 0.3 is 5.97 Å². The number of hydrogen-bond donors (Lipinski definition) is 2. The lowest BCUT2D eigenvalue weighted by Crippen LogP contribution is -2.70. The normalized spacial score (nSPS) is 48.8. The van der Waals surface area contributed by atoms with Crippen molar-refractivity contribution in [3.8, 4) is 0 Å². The zero-order chi connectivity index (χ0) is 24.7. The van der Waals surface area contributed by atoms with Crippen LogP contribution in [0, 0.1) is 28.6 Å². The number of esters is 1. The van der Waals surface area contributed by atoms with Crippen molar-refractivity contribution in [1.29, 1.82) is 0 Å². The number of fused-ring (bicyclic) bond motifs is 5. The number of allylic oxidation sites excluding steroid dienone is 4. The highest BCUT2D eigenvalue weighted by Gasteiger charge is 2.75. The lowest BCUT2D eigenvalue weighted by molar-refractivity contribution is -0.182. The van der Waals surface area contributed by atoms with Crippen LogP contribution in [0.25, 0.3) is 0 Å². The maximum atomic E-state index is 15.5. The van der Waals surface area contributed by atoms with Crippen LogP contribution in [-0.4, -0.2) is 56.6 Å². The molecule has 0 saturated heterocycles. The van der Waals surface area contributed by atoms with Crippen molar-refractivity contribution in [2.45, 2.75) is 69.2 Å². The Bertz CT molecular complexity index is 995. The second kappa shape index (κ2) is 7.52. The fourth-order valence-corrected chi connectivity index (χ4v) is 8.52. The van der Waals surface area contributed by atoms with Crippen LogP contribution in [0.1, 0.15) is 47.0 Å². The topological polar surface area (TPSA) is 101 Å². The van der Waals surface area contributed by atoms with Gasteiger partial charge in [0.1, 0.15) is 11.8 Å². The molecule has 4 aliphatic rings. The molecule has 9 atom stereocenters. The van der Waals surface area contributed by atoms with Gasteiger partial charge in [0.25, 0.3) is 0 Å². The molecule has 182 valence electrons. The summed E-state index contributed by atoms with van der Waals surface area (Å²) in [6.45, 7) is 5.62. The lowest BCUT2D eigenvalue weighted by atomic mass is 9.45. The van der Waals surface area contributed by atoms with Crippen molar-refractivity contribution in [3.63, 3.8) is 0 Å². The van der Waals surface area contributed by atoms with E-state index in [9.17, 15) is 29.0 Å². The van der Waals surface area contributed by atoms with Crippen molar-refractivity contribution in [1.82, 2.24) is 0 Å². The number of aliphatic hydroxyl groups excluding tert-OH is 1. The summed E-state index contributed by atoms with van der Waals surface area (Å²) in [5.74, 6) is -4.83. The summed E-state index contributed by atoms with van der Waals surface area (Å²) in [4.78, 5) is 36.3. The van der Waals surface area contributed by atoms with Crippen LogP contribution >= 0.6 is 15.9 Å². The number of carbonyl (C=O) groups excluding carboxylic acids is 3. The molecule has 3 fully saturated rings. The summed E-state index contributed by atoms with van der Waals surface area (Å²) in [6.07, 6.45) is -0.221. The molecule has 0 unspecified atom stereocenters. The SMILES string of the molecule is CC(=O)OCC(=O)[C@@]1(O)[C@H](C)C[C@H]2[C@@H]3C[C@H](F)C4=C(F)C(=O)C=C[C@]4(C)[C@@]3(Br)[C@@H](O)C[C@@]21C. The van der Waals surface area contributed by atoms with Gasteiger partial charge in [0.2, 0.25) is 11.6 Å². The number of aliphatic hydroxyl groups is 2. The number of alkyl halides is 2. The number of Topliss-reactive ketones (excluding diaryl/α,β-unsaturated/α-hetero) is 1. The predicted molar refractivity (Wildman–Crippen MR) is 118 cm³/mol. The van der Waals surface area contributed by atoms with E-state index >= 15 is 4.39 Å². The van der Waals surface area contributed by atoms with Gasteiger partial charge in [-0.25, -0.2) is 8.78 Å². The van der Waals surface area contributed by atoms with E-state index in [1.165, 1.54) is 13.0 Å². The molecule has 0 aromatic heterocycles. The molecular weight excluding hydrogens is 502 g/mol. The first-order chi connectivity index (χ1) is 15.2. The van der Waals surface area contributed by atoms with Gasteiger partial charge in [0.15, 0.2) is 12.4 Å². The maximum Gasteiger partial charge on any atom is 0.303 e. The maximum absolute atomic E-state index is 15.5. The summed E-state index contributed by atoms with van der Waals surface area (Å²) < 4.78 is 34.0. The molecule has 0 spiro atoms. The lowest BCUT2D eigenvalue weighted by Gasteiger charge is -2.64. The molecule has 33 heavy (non-hydrogen) atoms. The van der Waals surface area contributed by atoms with Gasteiger partial charge in [-0.15, -0.1) is 0 Å². The molecule has 6 nitrogen and oxygen atoms in total. The Hall–Kier alpha value is -1.45. The smallest absolute Gasteiger partial charge is 0.303 e. The molecule has 0 heterocycles. The third-order valence-corrected chi connectivity index (χ3v) is 11.1. The number of halogens is 3. The number of rotatable bonds is 3. The van der Waals surface area contributed by atoms with E-state index in [1.54, 1.807) is 20.8 Å². The van der Waals surface area contributed by atoms with Crippen LogP contribution in [0.4, 0.5) is 8.78 Å². The summed E-state index contributed by atoms with van der Waals surface area (Å²) in [7, 11) is 0. The van der Waals surface area contributed by atoms with Gasteiger partial charge in [-0.05, 0) is 43.1 Å². The number of hydrogen-bond acceptors (Lipinski definition) is 6. The van der Waals surface area contributed by atoms with Gasteiger partial charge in [-0.1, -0.05) is 42.8 Å². The van der Waals surface area contributed by atoms with E-state index < -0.39 is 80.8 Å². The fourth-order valence-electron chi connectivity index (χ4n) is 7.50. The van der Waals surface area contributed by atoms with E-state index in [0.717, 1.165) is 6.08 Å². The summed E-state index contributed by atoms with van der Waals surface area (Å²) in [5, 5.41) is 23.2. The Labute approximate surface area is 199 Å². The molecule has 2 N–H and O–H groups in total. The molecule has 4 rings (SSSR count). The Balaban J connectivity index is 1.81. The quantitative estimate of drug-likeness (QED) is 0.429. The summed E-state index contributed by atoms with van der Waals surface area (Å²) in [6, 6.07) is 0. The first kappa shape index (κ1) is 24.7. The Morgan fingerprint density at radius 3 is 2.52 bits per heavy atom. The molecule has 0 aromatic carbocycles. The highest BCUT2D eigenvalue weighted by Crippen LogP contribution is 2.72. The first-order valence-corrected chi connectivity index (χ1v) is 12.0. The molecule has 3 saturated carbocycles. The van der Waals surface area contributed by atoms with Crippen molar-refractivity contribution < 1.29 is 38.1 Å². The Morgan fingerprint density at radius 2 is 1.91 bits per heavy atom. The van der Waals surface area contributed by atoms with Crippen molar-refractivity contribution in [3.05, 3.63) is 23.6 Å². The van der Waals surface area contributed by atoms with Gasteiger partial charge in [0, 0.05) is 23.3 Å². The van der Waals surface area contributed by atoms with Crippen LogP contribution in [0.2, 0.25) is 0 Å². The largest absolute Gasteiger partial charge is 0.458 e. The van der Waals surface area contributed by atoms with Gasteiger partial charge in [-0.2, -0.15) is 0 Å². The highest BCUT2D eigenvalue weighted by molar-refractivity contribution is 9.10. The molecule has 9 heteroatoms. The van der Waals surface area contributed by atoms with Crippen LogP contribution < -0.4 is 0 Å². The van der Waals surface area contributed by atoms with Crippen LogP contribution in [-0.2, 0) is 19.1 Å². The van der Waals surface area contributed by atoms with Gasteiger partial charge in [0.05, 0.1) is 10.4 Å². The second-order valence-corrected chi connectivity index (χ2v) is 11.9. The summed E-state index contributed by atoms with van der Waals surface area (Å²) >= 11 is 3.70. The van der Waals surface area contributed by atoms with E-state index in [1.807, 2.05) is 0 Å². The third kappa shape index (κ3) is 2.91. The van der Waals surface area contributed by atoms with Crippen LogP contribution in [0.15, 0.2) is 23.6 Å². The molecule has 4 aliphatic carbocycles. The zero-order valence-electron chi connectivity index (χ0n) is 19.0. The monoisotopic (exact) mass is 530 g/mol. The molecule has 0 amide bonds. The zero-order valence-corrected chi connectivity index (χ0v) is 20.6. The van der Waals surface area contributed by atoms with Crippen LogP contribution in [0.3, 0.4) is 0 Å². The van der Waals surface area contributed by atoms with Crippen LogP contribution in [0.5, 0.6) is 0 Å². The fraction of sp³-hybridized carbons (Fsp3) is 0.708. The van der Waals surface area contributed by atoms with Gasteiger partial charge in [-0.3, -0.25) is 14.4 Å². The second-order valence-electron chi connectivity index (χ2n) is 10.6. The van der Waals surface area contributed by atoms with E-state index in [4.69, 9.17) is 4.74 Å². The number of carbonyl (C=O) groups is 3.